The Morgan fingerprint density at radius 1 is 1.27 bits per heavy atom. The number of rotatable bonds is 6. The Morgan fingerprint density at radius 2 is 2.04 bits per heavy atom. The van der Waals surface area contributed by atoms with Crippen molar-refractivity contribution < 1.29 is 14.3 Å². The van der Waals surface area contributed by atoms with E-state index in [0.29, 0.717) is 23.9 Å². The second-order valence-electron chi connectivity index (χ2n) is 6.45. The van der Waals surface area contributed by atoms with Crippen LogP contribution in [-0.4, -0.2) is 60.0 Å². The molecule has 1 saturated heterocycles. The standard InChI is InChI=1S/C19H24N4O3/c1-22(2)19(24)13-23-10-6-7-15(23)14-11-20-12-18(21-14)26-17-9-5-4-8-16(17)25-3/h4-5,8-9,11-12,15H,6-7,10,13H2,1-3H3/t15-/m0/s1. The molecular weight excluding hydrogens is 332 g/mol. The molecule has 1 aromatic heterocycles. The number of likely N-dealkylation sites (N-methyl/N-ethyl adjacent to an activating group) is 1. The highest BCUT2D eigenvalue weighted by atomic mass is 16.5. The summed E-state index contributed by atoms with van der Waals surface area (Å²) in [6.45, 7) is 1.26. The van der Waals surface area contributed by atoms with E-state index in [1.165, 1.54) is 0 Å². The van der Waals surface area contributed by atoms with E-state index in [9.17, 15) is 4.79 Å². The summed E-state index contributed by atoms with van der Waals surface area (Å²) >= 11 is 0. The fourth-order valence-electron chi connectivity index (χ4n) is 3.05. The van der Waals surface area contributed by atoms with Gasteiger partial charge in [-0.1, -0.05) is 12.1 Å². The van der Waals surface area contributed by atoms with Gasteiger partial charge < -0.3 is 14.4 Å². The minimum Gasteiger partial charge on any atom is -0.493 e. The zero-order chi connectivity index (χ0) is 18.5. The number of benzene rings is 1. The highest BCUT2D eigenvalue weighted by Crippen LogP contribution is 2.33. The van der Waals surface area contributed by atoms with Crippen LogP contribution in [0.2, 0.25) is 0 Å². The number of hydrogen-bond donors (Lipinski definition) is 0. The number of para-hydroxylation sites is 2. The summed E-state index contributed by atoms with van der Waals surface area (Å²) < 4.78 is 11.2. The Balaban J connectivity index is 1.77. The van der Waals surface area contributed by atoms with Gasteiger partial charge in [-0.2, -0.15) is 0 Å². The summed E-state index contributed by atoms with van der Waals surface area (Å²) in [5.41, 5.74) is 0.821. The molecule has 0 bridgehead atoms. The van der Waals surface area contributed by atoms with Crippen LogP contribution < -0.4 is 9.47 Å². The van der Waals surface area contributed by atoms with E-state index in [0.717, 1.165) is 25.1 Å². The van der Waals surface area contributed by atoms with Crippen molar-refractivity contribution in [1.29, 1.82) is 0 Å². The van der Waals surface area contributed by atoms with Crippen LogP contribution in [0, 0.1) is 0 Å². The topological polar surface area (TPSA) is 67.8 Å². The van der Waals surface area contributed by atoms with Gasteiger partial charge in [0.25, 0.3) is 0 Å². The third kappa shape index (κ3) is 4.11. The minimum atomic E-state index is 0.0765. The van der Waals surface area contributed by atoms with Crippen LogP contribution in [0.15, 0.2) is 36.7 Å². The maximum absolute atomic E-state index is 12.1. The van der Waals surface area contributed by atoms with Crippen molar-refractivity contribution in [3.05, 3.63) is 42.4 Å². The van der Waals surface area contributed by atoms with Gasteiger partial charge in [-0.05, 0) is 31.5 Å². The molecule has 1 fully saturated rings. The van der Waals surface area contributed by atoms with Crippen LogP contribution in [0.5, 0.6) is 17.4 Å². The highest BCUT2D eigenvalue weighted by molar-refractivity contribution is 5.77. The Bertz CT molecular complexity index is 766. The fourth-order valence-corrected chi connectivity index (χ4v) is 3.05. The minimum absolute atomic E-state index is 0.0765. The number of aromatic nitrogens is 2. The summed E-state index contributed by atoms with van der Waals surface area (Å²) in [4.78, 5) is 24.7. The fraction of sp³-hybridized carbons (Fsp3) is 0.421. The van der Waals surface area contributed by atoms with Crippen molar-refractivity contribution in [2.75, 3.05) is 34.3 Å². The lowest BCUT2D eigenvalue weighted by Gasteiger charge is -2.24. The van der Waals surface area contributed by atoms with Gasteiger partial charge in [0.05, 0.1) is 37.8 Å². The number of hydrogen-bond acceptors (Lipinski definition) is 6. The number of carbonyl (C=O) groups is 1. The van der Waals surface area contributed by atoms with Crippen molar-refractivity contribution in [2.45, 2.75) is 18.9 Å². The van der Waals surface area contributed by atoms with Crippen LogP contribution in [0.3, 0.4) is 0 Å². The van der Waals surface area contributed by atoms with E-state index in [-0.39, 0.29) is 11.9 Å². The molecule has 138 valence electrons. The predicted octanol–water partition coefficient (Wildman–Crippen LogP) is 2.50. The predicted molar refractivity (Wildman–Crippen MR) is 97.3 cm³/mol. The van der Waals surface area contributed by atoms with Gasteiger partial charge in [-0.25, -0.2) is 4.98 Å². The van der Waals surface area contributed by atoms with Gasteiger partial charge in [0, 0.05) is 14.1 Å². The number of amides is 1. The molecule has 7 heteroatoms. The lowest BCUT2D eigenvalue weighted by atomic mass is 10.1. The van der Waals surface area contributed by atoms with Crippen molar-refractivity contribution in [3.63, 3.8) is 0 Å². The van der Waals surface area contributed by atoms with E-state index in [2.05, 4.69) is 14.9 Å². The van der Waals surface area contributed by atoms with E-state index >= 15 is 0 Å². The maximum Gasteiger partial charge on any atom is 0.238 e. The van der Waals surface area contributed by atoms with Crippen molar-refractivity contribution >= 4 is 5.91 Å². The Hall–Kier alpha value is -2.67. The summed E-state index contributed by atoms with van der Waals surface area (Å²) in [6, 6.07) is 7.49. The summed E-state index contributed by atoms with van der Waals surface area (Å²) in [6.07, 6.45) is 5.32. The molecule has 0 radical (unpaired) electrons. The SMILES string of the molecule is COc1ccccc1Oc1cncc([C@@H]2CCCN2CC(=O)N(C)C)n1. The lowest BCUT2D eigenvalue weighted by molar-refractivity contribution is -0.130. The first-order chi connectivity index (χ1) is 12.6. The first-order valence-corrected chi connectivity index (χ1v) is 8.65. The van der Waals surface area contributed by atoms with Crippen LogP contribution in [0.4, 0.5) is 0 Å². The van der Waals surface area contributed by atoms with Crippen LogP contribution >= 0.6 is 0 Å². The molecule has 2 aromatic rings. The molecular formula is C19H24N4O3. The average molecular weight is 356 g/mol. The molecule has 3 rings (SSSR count). The normalized spacial score (nSPS) is 17.1. The van der Waals surface area contributed by atoms with E-state index in [1.807, 2.05) is 24.3 Å². The van der Waals surface area contributed by atoms with Crippen LogP contribution in [0.1, 0.15) is 24.6 Å². The van der Waals surface area contributed by atoms with Gasteiger partial charge >= 0.3 is 0 Å². The zero-order valence-corrected chi connectivity index (χ0v) is 15.4. The van der Waals surface area contributed by atoms with E-state index in [4.69, 9.17) is 9.47 Å². The average Bonchev–Trinajstić information content (AvgIpc) is 3.10. The Labute approximate surface area is 153 Å². The molecule has 1 aliphatic rings. The molecule has 0 unspecified atom stereocenters. The molecule has 1 aliphatic heterocycles. The molecule has 26 heavy (non-hydrogen) atoms. The molecule has 1 aromatic carbocycles. The van der Waals surface area contributed by atoms with E-state index in [1.54, 1.807) is 38.5 Å². The lowest BCUT2D eigenvalue weighted by Crippen LogP contribution is -2.36. The number of methoxy groups -OCH3 is 1. The van der Waals surface area contributed by atoms with Gasteiger partial charge in [-0.3, -0.25) is 14.7 Å². The molecule has 0 spiro atoms. The molecule has 0 aliphatic carbocycles. The summed E-state index contributed by atoms with van der Waals surface area (Å²) in [5.74, 6) is 1.73. The molecule has 7 nitrogen and oxygen atoms in total. The molecule has 2 heterocycles. The first kappa shape index (κ1) is 18.1. The molecule has 0 N–H and O–H groups in total. The quantitative estimate of drug-likeness (QED) is 0.792. The number of carbonyl (C=O) groups excluding carboxylic acids is 1. The van der Waals surface area contributed by atoms with Gasteiger partial charge in [0.2, 0.25) is 11.8 Å². The van der Waals surface area contributed by atoms with Gasteiger partial charge in [0.1, 0.15) is 0 Å². The van der Waals surface area contributed by atoms with Gasteiger partial charge in [0.15, 0.2) is 11.5 Å². The van der Waals surface area contributed by atoms with E-state index < -0.39 is 0 Å². The molecule has 1 atom stereocenters. The number of likely N-dealkylation sites (tertiary alicyclic amines) is 1. The number of ether oxygens (including phenoxy) is 2. The molecule has 0 saturated carbocycles. The van der Waals surface area contributed by atoms with Gasteiger partial charge in [-0.15, -0.1) is 0 Å². The van der Waals surface area contributed by atoms with Crippen molar-refractivity contribution in [2.24, 2.45) is 0 Å². The highest BCUT2D eigenvalue weighted by Gasteiger charge is 2.29. The smallest absolute Gasteiger partial charge is 0.238 e. The largest absolute Gasteiger partial charge is 0.493 e. The second-order valence-corrected chi connectivity index (χ2v) is 6.45. The van der Waals surface area contributed by atoms with Crippen molar-refractivity contribution in [3.8, 4) is 17.4 Å². The second kappa shape index (κ2) is 8.14. The Kier molecular flexibility index (Phi) is 5.68. The summed E-state index contributed by atoms with van der Waals surface area (Å²) in [7, 11) is 5.15. The summed E-state index contributed by atoms with van der Waals surface area (Å²) in [5, 5.41) is 0. The first-order valence-electron chi connectivity index (χ1n) is 8.65. The monoisotopic (exact) mass is 356 g/mol. The van der Waals surface area contributed by atoms with Crippen LogP contribution in [0.25, 0.3) is 0 Å². The third-order valence-corrected chi connectivity index (χ3v) is 4.46. The zero-order valence-electron chi connectivity index (χ0n) is 15.4. The molecule has 1 amide bonds. The Morgan fingerprint density at radius 3 is 2.77 bits per heavy atom. The third-order valence-electron chi connectivity index (χ3n) is 4.46. The maximum atomic E-state index is 12.1. The number of nitrogens with zero attached hydrogens (tertiary/aromatic N) is 4. The van der Waals surface area contributed by atoms with Crippen LogP contribution in [-0.2, 0) is 4.79 Å². The van der Waals surface area contributed by atoms with Crippen molar-refractivity contribution in [1.82, 2.24) is 19.8 Å².